The van der Waals surface area contributed by atoms with Gasteiger partial charge in [-0.15, -0.1) is 0 Å². The molecule has 106 valence electrons. The summed E-state index contributed by atoms with van der Waals surface area (Å²) in [7, 11) is 0. The molecule has 20 heavy (non-hydrogen) atoms. The molecule has 3 rings (SSSR count). The maximum absolute atomic E-state index is 6.18. The Morgan fingerprint density at radius 3 is 2.85 bits per heavy atom. The number of nitrogens with two attached hydrogens (primary N) is 1. The molecular weight excluding hydrogens is 252 g/mol. The summed E-state index contributed by atoms with van der Waals surface area (Å²) >= 11 is 0. The molecular formula is C15H20N4O. The van der Waals surface area contributed by atoms with Crippen LogP contribution in [0.3, 0.4) is 0 Å². The highest BCUT2D eigenvalue weighted by Gasteiger charge is 2.32. The molecule has 2 N–H and O–H groups in total. The lowest BCUT2D eigenvalue weighted by molar-refractivity contribution is 0.417. The lowest BCUT2D eigenvalue weighted by atomic mass is 9.99. The maximum atomic E-state index is 6.18. The Bertz CT molecular complexity index is 554. The zero-order valence-electron chi connectivity index (χ0n) is 11.7. The van der Waals surface area contributed by atoms with Crippen LogP contribution in [-0.4, -0.2) is 29.3 Å². The van der Waals surface area contributed by atoms with Gasteiger partial charge in [0.15, 0.2) is 0 Å². The summed E-state index contributed by atoms with van der Waals surface area (Å²) in [5, 5.41) is 4.06. The van der Waals surface area contributed by atoms with E-state index in [2.05, 4.69) is 22.0 Å². The number of nitrogens with zero attached hydrogens (tertiary/aromatic N) is 3. The molecule has 1 aromatic heterocycles. The van der Waals surface area contributed by atoms with E-state index in [9.17, 15) is 0 Å². The molecule has 0 amide bonds. The van der Waals surface area contributed by atoms with E-state index in [-0.39, 0.29) is 6.04 Å². The van der Waals surface area contributed by atoms with Crippen LogP contribution in [0.15, 0.2) is 34.9 Å². The zero-order valence-corrected chi connectivity index (χ0v) is 11.7. The monoisotopic (exact) mass is 272 g/mol. The van der Waals surface area contributed by atoms with Crippen LogP contribution in [0.25, 0.3) is 11.4 Å². The molecule has 2 aromatic rings. The molecule has 5 nitrogen and oxygen atoms in total. The Morgan fingerprint density at radius 2 is 2.10 bits per heavy atom. The molecule has 0 radical (unpaired) electrons. The van der Waals surface area contributed by atoms with Gasteiger partial charge in [-0.25, -0.2) is 0 Å². The number of anilines is 1. The number of aromatic nitrogens is 2. The second-order valence-electron chi connectivity index (χ2n) is 5.38. The van der Waals surface area contributed by atoms with Gasteiger partial charge in [0.05, 0.1) is 0 Å². The fraction of sp³-hybridized carbons (Fsp3) is 0.467. The average molecular weight is 272 g/mol. The third-order valence-corrected chi connectivity index (χ3v) is 3.87. The molecule has 0 aliphatic carbocycles. The molecule has 5 heteroatoms. The van der Waals surface area contributed by atoms with Crippen LogP contribution in [0, 0.1) is 5.92 Å². The van der Waals surface area contributed by atoms with E-state index in [1.54, 1.807) is 0 Å². The van der Waals surface area contributed by atoms with E-state index in [0.29, 0.717) is 17.8 Å². The first-order valence-electron chi connectivity index (χ1n) is 7.17. The van der Waals surface area contributed by atoms with Crippen molar-refractivity contribution < 1.29 is 4.52 Å². The molecule has 2 heterocycles. The minimum Gasteiger partial charge on any atom is -0.326 e. The average Bonchev–Trinajstić information content (AvgIpc) is 3.08. The molecule has 1 saturated heterocycles. The molecule has 1 fully saturated rings. The summed E-state index contributed by atoms with van der Waals surface area (Å²) in [5.41, 5.74) is 7.15. The van der Waals surface area contributed by atoms with E-state index < -0.39 is 0 Å². The Morgan fingerprint density at radius 1 is 1.30 bits per heavy atom. The van der Waals surface area contributed by atoms with Crippen molar-refractivity contribution in [2.75, 3.05) is 18.0 Å². The van der Waals surface area contributed by atoms with Gasteiger partial charge in [-0.1, -0.05) is 48.8 Å². The molecule has 1 aromatic carbocycles. The van der Waals surface area contributed by atoms with Gasteiger partial charge < -0.3 is 15.2 Å². The van der Waals surface area contributed by atoms with E-state index >= 15 is 0 Å². The third kappa shape index (κ3) is 2.54. The highest BCUT2D eigenvalue weighted by atomic mass is 16.5. The van der Waals surface area contributed by atoms with Crippen LogP contribution in [0.5, 0.6) is 0 Å². The first kappa shape index (κ1) is 13.1. The van der Waals surface area contributed by atoms with Crippen LogP contribution in [-0.2, 0) is 0 Å². The fourth-order valence-corrected chi connectivity index (χ4v) is 2.78. The lowest BCUT2D eigenvalue weighted by Crippen LogP contribution is -2.29. The lowest BCUT2D eigenvalue weighted by Gasteiger charge is -2.12. The summed E-state index contributed by atoms with van der Waals surface area (Å²) < 4.78 is 5.39. The highest BCUT2D eigenvalue weighted by Crippen LogP contribution is 2.26. The number of rotatable bonds is 4. The maximum Gasteiger partial charge on any atom is 0.324 e. The van der Waals surface area contributed by atoms with Crippen molar-refractivity contribution in [2.24, 2.45) is 11.7 Å². The number of benzene rings is 1. The van der Waals surface area contributed by atoms with Gasteiger partial charge in [-0.05, 0) is 12.3 Å². The summed E-state index contributed by atoms with van der Waals surface area (Å²) in [6, 6.07) is 10.6. The predicted octanol–water partition coefficient (Wildman–Crippen LogP) is 2.30. The highest BCUT2D eigenvalue weighted by molar-refractivity contribution is 5.55. The van der Waals surface area contributed by atoms with Crippen molar-refractivity contribution in [3.8, 4) is 11.4 Å². The van der Waals surface area contributed by atoms with Crippen LogP contribution >= 0.6 is 0 Å². The molecule has 2 atom stereocenters. The minimum atomic E-state index is 0.196. The SMILES string of the molecule is CCC[C@H]1CN(c2nc(-c3ccccc3)no2)C[C@@H]1N. The summed E-state index contributed by atoms with van der Waals surface area (Å²) in [4.78, 5) is 6.59. The Balaban J connectivity index is 1.75. The van der Waals surface area contributed by atoms with Gasteiger partial charge in [-0.2, -0.15) is 4.98 Å². The van der Waals surface area contributed by atoms with Crippen molar-refractivity contribution >= 4 is 6.01 Å². The van der Waals surface area contributed by atoms with Gasteiger partial charge in [0.25, 0.3) is 0 Å². The normalized spacial score (nSPS) is 22.4. The third-order valence-electron chi connectivity index (χ3n) is 3.87. The van der Waals surface area contributed by atoms with E-state index in [0.717, 1.165) is 31.5 Å². The second-order valence-corrected chi connectivity index (χ2v) is 5.38. The van der Waals surface area contributed by atoms with Gasteiger partial charge in [-0.3, -0.25) is 0 Å². The van der Waals surface area contributed by atoms with Gasteiger partial charge >= 0.3 is 6.01 Å². The Kier molecular flexibility index (Phi) is 3.69. The Hall–Kier alpha value is -1.88. The van der Waals surface area contributed by atoms with Crippen molar-refractivity contribution in [3.63, 3.8) is 0 Å². The van der Waals surface area contributed by atoms with Gasteiger partial charge in [0.2, 0.25) is 5.82 Å². The molecule has 1 aliphatic rings. The van der Waals surface area contributed by atoms with Crippen LogP contribution in [0.1, 0.15) is 19.8 Å². The molecule has 0 unspecified atom stereocenters. The van der Waals surface area contributed by atoms with E-state index in [1.807, 2.05) is 30.3 Å². The van der Waals surface area contributed by atoms with E-state index in [4.69, 9.17) is 10.3 Å². The van der Waals surface area contributed by atoms with Crippen molar-refractivity contribution in [3.05, 3.63) is 30.3 Å². The minimum absolute atomic E-state index is 0.196. The standard InChI is InChI=1S/C15H20N4O/c1-2-6-12-9-19(10-13(12)16)15-17-14(18-20-15)11-7-4-3-5-8-11/h3-5,7-8,12-13H,2,6,9-10,16H2,1H3/t12-,13-/m0/s1. The molecule has 0 saturated carbocycles. The van der Waals surface area contributed by atoms with Crippen LogP contribution in [0.2, 0.25) is 0 Å². The summed E-state index contributed by atoms with van der Waals surface area (Å²) in [5.74, 6) is 1.15. The van der Waals surface area contributed by atoms with Crippen molar-refractivity contribution in [1.82, 2.24) is 10.1 Å². The first-order valence-corrected chi connectivity index (χ1v) is 7.17. The zero-order chi connectivity index (χ0) is 13.9. The smallest absolute Gasteiger partial charge is 0.324 e. The summed E-state index contributed by atoms with van der Waals surface area (Å²) in [6.45, 7) is 3.89. The molecule has 0 bridgehead atoms. The van der Waals surface area contributed by atoms with Crippen LogP contribution in [0.4, 0.5) is 6.01 Å². The van der Waals surface area contributed by atoms with Crippen LogP contribution < -0.4 is 10.6 Å². The topological polar surface area (TPSA) is 68.2 Å². The van der Waals surface area contributed by atoms with Gasteiger partial charge in [0.1, 0.15) is 0 Å². The largest absolute Gasteiger partial charge is 0.326 e. The molecule has 0 spiro atoms. The van der Waals surface area contributed by atoms with E-state index in [1.165, 1.54) is 0 Å². The summed E-state index contributed by atoms with van der Waals surface area (Å²) in [6.07, 6.45) is 2.31. The van der Waals surface area contributed by atoms with Gasteiger partial charge in [0, 0.05) is 24.7 Å². The quantitative estimate of drug-likeness (QED) is 0.925. The fourth-order valence-electron chi connectivity index (χ4n) is 2.78. The Labute approximate surface area is 118 Å². The first-order chi connectivity index (χ1) is 9.78. The second kappa shape index (κ2) is 5.63. The van der Waals surface area contributed by atoms with Crippen molar-refractivity contribution in [1.29, 1.82) is 0 Å². The predicted molar refractivity (Wildman–Crippen MR) is 78.3 cm³/mol. The number of hydrogen-bond acceptors (Lipinski definition) is 5. The molecule has 1 aliphatic heterocycles. The number of hydrogen-bond donors (Lipinski definition) is 1. The van der Waals surface area contributed by atoms with Crippen molar-refractivity contribution in [2.45, 2.75) is 25.8 Å².